The number of aliphatic hydroxyl groups excluding tert-OH is 1. The number of alkyl halides is 2. The second-order valence-corrected chi connectivity index (χ2v) is 9.37. The molecule has 2 saturated carbocycles. The van der Waals surface area contributed by atoms with E-state index in [4.69, 9.17) is 28.2 Å². The van der Waals surface area contributed by atoms with Gasteiger partial charge in [0.2, 0.25) is 0 Å². The summed E-state index contributed by atoms with van der Waals surface area (Å²) in [5, 5.41) is 5.00. The largest absolute Gasteiger partial charge is 0.465 e. The Kier molecular flexibility index (Phi) is 8.24. The van der Waals surface area contributed by atoms with E-state index in [-0.39, 0.29) is 26.2 Å². The number of aliphatic hydroxyl groups is 1. The lowest BCUT2D eigenvalue weighted by atomic mass is 9.78. The molecule has 7 atom stereocenters. The Morgan fingerprint density at radius 1 is 1.06 bits per heavy atom. The molecule has 3 rings (SSSR count). The Bertz CT molecular complexity index is 821. The molecule has 15 heteroatoms. The van der Waals surface area contributed by atoms with Crippen LogP contribution in [0.2, 0.25) is 0 Å². The number of esters is 2. The van der Waals surface area contributed by atoms with E-state index < -0.39 is 69.5 Å². The van der Waals surface area contributed by atoms with Crippen molar-refractivity contribution in [2.45, 2.75) is 30.2 Å². The number of rotatable bonds is 13. The summed E-state index contributed by atoms with van der Waals surface area (Å²) in [4.78, 5) is 24.4. The first-order valence-corrected chi connectivity index (χ1v) is 11.6. The lowest BCUT2D eigenvalue weighted by molar-refractivity contribution is -0.181. The summed E-state index contributed by atoms with van der Waals surface area (Å²) in [5.41, 5.74) is 0. The smallest absolute Gasteiger partial charge is 0.463 e. The van der Waals surface area contributed by atoms with Gasteiger partial charge in [-0.25, -0.2) is 4.79 Å². The average molecular weight is 504 g/mol. The first kappa shape index (κ1) is 26.1. The Morgan fingerprint density at radius 2 is 1.67 bits per heavy atom. The van der Waals surface area contributed by atoms with Crippen LogP contribution < -0.4 is 0 Å². The molecule has 190 valence electrons. The van der Waals surface area contributed by atoms with Gasteiger partial charge in [0.05, 0.1) is 39.0 Å². The second kappa shape index (κ2) is 10.4. The van der Waals surface area contributed by atoms with Gasteiger partial charge in [0.25, 0.3) is 0 Å². The number of hydrogen-bond donors (Lipinski definition) is 2. The molecule has 1 saturated heterocycles. The van der Waals surface area contributed by atoms with Crippen molar-refractivity contribution in [2.75, 3.05) is 46.8 Å². The van der Waals surface area contributed by atoms with E-state index in [2.05, 4.69) is 4.74 Å². The standard InChI is InChI=1S/C18H26F2O12S/c1-27-2-3-28-4-5-29-6-7-30-15(21)11-9-8-10-12(11)16(22)31-13(10)14(9)32-17(23)18(19,20)33(24,25)26/h9-14,16,22H,2-8H2,1H3,(H,24,25,26). The molecule has 7 unspecified atom stereocenters. The maximum absolute atomic E-state index is 13.6. The van der Waals surface area contributed by atoms with E-state index in [0.717, 1.165) is 0 Å². The maximum atomic E-state index is 13.6. The number of halogens is 2. The zero-order valence-corrected chi connectivity index (χ0v) is 18.4. The Labute approximate surface area is 188 Å². The van der Waals surface area contributed by atoms with Gasteiger partial charge >= 0.3 is 27.3 Å². The summed E-state index contributed by atoms with van der Waals surface area (Å²) in [7, 11) is -4.51. The first-order chi connectivity index (χ1) is 15.5. The van der Waals surface area contributed by atoms with Crippen LogP contribution in [0.15, 0.2) is 0 Å². The van der Waals surface area contributed by atoms with Crippen molar-refractivity contribution < 1.29 is 64.9 Å². The number of methoxy groups -OCH3 is 1. The number of hydrogen-bond acceptors (Lipinski definition) is 11. The normalized spacial score (nSPS) is 32.8. The summed E-state index contributed by atoms with van der Waals surface area (Å²) in [6, 6.07) is 0. The molecule has 0 aromatic rings. The molecule has 0 spiro atoms. The van der Waals surface area contributed by atoms with Crippen molar-refractivity contribution in [1.29, 1.82) is 0 Å². The summed E-state index contributed by atoms with van der Waals surface area (Å²) < 4.78 is 87.9. The van der Waals surface area contributed by atoms with Crippen LogP contribution >= 0.6 is 0 Å². The fraction of sp³-hybridized carbons (Fsp3) is 0.889. The van der Waals surface area contributed by atoms with Gasteiger partial charge in [-0.2, -0.15) is 17.2 Å². The third-order valence-corrected chi connectivity index (χ3v) is 6.88. The highest BCUT2D eigenvalue weighted by atomic mass is 32.2. The molecule has 0 amide bonds. The van der Waals surface area contributed by atoms with E-state index in [1.807, 2.05) is 0 Å². The van der Waals surface area contributed by atoms with Crippen LogP contribution in [0, 0.1) is 23.7 Å². The van der Waals surface area contributed by atoms with Crippen molar-refractivity contribution in [1.82, 2.24) is 0 Å². The van der Waals surface area contributed by atoms with Crippen molar-refractivity contribution in [3.63, 3.8) is 0 Å². The van der Waals surface area contributed by atoms with Gasteiger partial charge in [0.15, 0.2) is 6.29 Å². The third kappa shape index (κ3) is 5.28. The van der Waals surface area contributed by atoms with E-state index in [9.17, 15) is 31.9 Å². The fourth-order valence-corrected chi connectivity index (χ4v) is 4.97. The second-order valence-electron chi connectivity index (χ2n) is 7.90. The van der Waals surface area contributed by atoms with Crippen LogP contribution in [0.3, 0.4) is 0 Å². The minimum Gasteiger partial charge on any atom is -0.463 e. The van der Waals surface area contributed by atoms with Crippen LogP contribution in [-0.2, 0) is 48.1 Å². The number of carbonyl (C=O) groups is 2. The maximum Gasteiger partial charge on any atom is 0.465 e. The Hall–Kier alpha value is -1.49. The molecule has 0 aromatic heterocycles. The van der Waals surface area contributed by atoms with E-state index in [1.165, 1.54) is 0 Å². The SMILES string of the molecule is COCCOCCOCCOC(=O)C1C2CC3C(OC(O)C31)C2OC(=O)C(F)(F)S(=O)(=O)O. The van der Waals surface area contributed by atoms with Crippen molar-refractivity contribution in [3.8, 4) is 0 Å². The van der Waals surface area contributed by atoms with Crippen LogP contribution in [0.5, 0.6) is 0 Å². The van der Waals surface area contributed by atoms with Gasteiger partial charge in [-0.05, 0) is 12.3 Å². The highest BCUT2D eigenvalue weighted by Gasteiger charge is 2.70. The van der Waals surface area contributed by atoms with Crippen molar-refractivity contribution >= 4 is 22.1 Å². The molecule has 1 heterocycles. The summed E-state index contributed by atoms with van der Waals surface area (Å²) >= 11 is 0. The van der Waals surface area contributed by atoms with E-state index >= 15 is 0 Å². The topological polar surface area (TPSA) is 164 Å². The molecule has 0 aromatic carbocycles. The number of ether oxygens (including phenoxy) is 6. The van der Waals surface area contributed by atoms with E-state index in [1.54, 1.807) is 7.11 Å². The fourth-order valence-electron chi connectivity index (χ4n) is 4.71. The molecule has 0 radical (unpaired) electrons. The minimum atomic E-state index is -6.06. The zero-order valence-electron chi connectivity index (χ0n) is 17.6. The molecule has 2 N–H and O–H groups in total. The highest BCUT2D eigenvalue weighted by molar-refractivity contribution is 7.87. The zero-order chi connectivity index (χ0) is 24.4. The first-order valence-electron chi connectivity index (χ1n) is 10.2. The monoisotopic (exact) mass is 504 g/mol. The lowest BCUT2D eigenvalue weighted by Crippen LogP contribution is -2.48. The lowest BCUT2D eigenvalue weighted by Gasteiger charge is -2.32. The molecule has 12 nitrogen and oxygen atoms in total. The van der Waals surface area contributed by atoms with Gasteiger partial charge in [0, 0.05) is 18.9 Å². The number of fused-ring (bicyclic) bond motifs is 1. The Morgan fingerprint density at radius 3 is 2.27 bits per heavy atom. The Balaban J connectivity index is 1.53. The molecule has 2 aliphatic carbocycles. The third-order valence-electron chi connectivity index (χ3n) is 6.06. The predicted octanol–water partition coefficient (Wildman–Crippen LogP) is -0.799. The number of carbonyl (C=O) groups excluding carboxylic acids is 2. The molecule has 3 aliphatic rings. The quantitative estimate of drug-likeness (QED) is 0.183. The molecule has 33 heavy (non-hydrogen) atoms. The van der Waals surface area contributed by atoms with Crippen LogP contribution in [0.25, 0.3) is 0 Å². The molecule has 1 aliphatic heterocycles. The van der Waals surface area contributed by atoms with Gasteiger partial charge in [-0.3, -0.25) is 9.35 Å². The summed E-state index contributed by atoms with van der Waals surface area (Å²) in [6.07, 6.45) is -3.59. The predicted molar refractivity (Wildman–Crippen MR) is 100 cm³/mol. The van der Waals surface area contributed by atoms with Gasteiger partial charge < -0.3 is 33.5 Å². The van der Waals surface area contributed by atoms with Crippen LogP contribution in [-0.4, -0.2) is 101 Å². The van der Waals surface area contributed by atoms with Crippen LogP contribution in [0.1, 0.15) is 6.42 Å². The van der Waals surface area contributed by atoms with E-state index in [0.29, 0.717) is 19.8 Å². The van der Waals surface area contributed by atoms with Gasteiger partial charge in [-0.15, -0.1) is 0 Å². The molecule has 2 bridgehead atoms. The summed E-state index contributed by atoms with van der Waals surface area (Å²) in [6.45, 7) is 1.37. The van der Waals surface area contributed by atoms with Crippen molar-refractivity contribution in [3.05, 3.63) is 0 Å². The highest BCUT2D eigenvalue weighted by Crippen LogP contribution is 2.60. The van der Waals surface area contributed by atoms with Gasteiger partial charge in [0.1, 0.15) is 18.8 Å². The summed E-state index contributed by atoms with van der Waals surface area (Å²) in [5.74, 6) is -6.24. The van der Waals surface area contributed by atoms with Gasteiger partial charge in [-0.1, -0.05) is 0 Å². The molecule has 3 fully saturated rings. The van der Waals surface area contributed by atoms with Crippen molar-refractivity contribution in [2.24, 2.45) is 23.7 Å². The minimum absolute atomic E-state index is 0.0610. The van der Waals surface area contributed by atoms with Crippen LogP contribution in [0.4, 0.5) is 8.78 Å². The average Bonchev–Trinajstić information content (AvgIpc) is 3.35. The molecular formula is C18H26F2O12S. The molecular weight excluding hydrogens is 478 g/mol.